The summed E-state index contributed by atoms with van der Waals surface area (Å²) in [6.07, 6.45) is 5.97. The van der Waals surface area contributed by atoms with Crippen molar-refractivity contribution < 1.29 is 19.2 Å². The van der Waals surface area contributed by atoms with Crippen LogP contribution in [0.25, 0.3) is 0 Å². The van der Waals surface area contributed by atoms with Gasteiger partial charge in [0, 0.05) is 24.7 Å². The number of hydrogen-bond donors (Lipinski definition) is 2. The van der Waals surface area contributed by atoms with Crippen molar-refractivity contribution in [2.45, 2.75) is 57.0 Å². The van der Waals surface area contributed by atoms with Crippen LogP contribution in [0.3, 0.4) is 0 Å². The molecular weight excluding hydrogens is 420 g/mol. The highest BCUT2D eigenvalue weighted by Crippen LogP contribution is 2.46. The predicted molar refractivity (Wildman–Crippen MR) is 119 cm³/mol. The van der Waals surface area contributed by atoms with E-state index in [-0.39, 0.29) is 24.1 Å². The van der Waals surface area contributed by atoms with E-state index in [1.807, 2.05) is 24.3 Å². The maximum atomic E-state index is 13.0. The van der Waals surface area contributed by atoms with Crippen LogP contribution in [-0.4, -0.2) is 39.6 Å². The smallest absolute Gasteiger partial charge is 0.267 e. The Balaban J connectivity index is 1.24. The van der Waals surface area contributed by atoms with Gasteiger partial charge < -0.3 is 10.6 Å². The second-order valence-corrected chi connectivity index (χ2v) is 9.22. The molecule has 8 heteroatoms. The lowest BCUT2D eigenvalue weighted by molar-refractivity contribution is -0.136. The maximum Gasteiger partial charge on any atom is 0.267 e. The first-order valence-corrected chi connectivity index (χ1v) is 11.4. The van der Waals surface area contributed by atoms with E-state index in [1.165, 1.54) is 5.56 Å². The zero-order valence-electron chi connectivity index (χ0n) is 18.3. The Kier molecular flexibility index (Phi) is 5.44. The molecule has 1 saturated carbocycles. The second kappa shape index (κ2) is 8.42. The summed E-state index contributed by atoms with van der Waals surface area (Å²) in [5, 5.41) is 2.35. The van der Waals surface area contributed by atoms with Gasteiger partial charge in [0.25, 0.3) is 11.8 Å². The minimum atomic E-state index is -0.594. The number of rotatable bonds is 6. The fourth-order valence-electron chi connectivity index (χ4n) is 5.44. The van der Waals surface area contributed by atoms with Crippen molar-refractivity contribution >= 4 is 23.6 Å². The summed E-state index contributed by atoms with van der Waals surface area (Å²) in [5.74, 6) is -0.381. The molecule has 1 aromatic heterocycles. The second-order valence-electron chi connectivity index (χ2n) is 9.22. The molecule has 5 rings (SSSR count). The summed E-state index contributed by atoms with van der Waals surface area (Å²) in [6, 6.07) is 8.97. The van der Waals surface area contributed by atoms with Gasteiger partial charge in [0.2, 0.25) is 11.8 Å². The number of carbonyl (C=O) groups is 4. The van der Waals surface area contributed by atoms with Gasteiger partial charge >= 0.3 is 0 Å². The molecule has 2 aliphatic heterocycles. The fraction of sp³-hybridized carbons (Fsp3) is 0.400. The maximum absolute atomic E-state index is 13.0. The number of nitrogens with one attached hydrogen (secondary N) is 1. The molecule has 0 spiro atoms. The van der Waals surface area contributed by atoms with Crippen molar-refractivity contribution in [2.75, 3.05) is 0 Å². The SMILES string of the molecule is NC(=O)c1ncccc1CCC1CC(c2cccc3c2CN([C@H]2CCC(=O)NC2=O)C3=O)C1. The minimum Gasteiger partial charge on any atom is -0.364 e. The number of aryl methyl sites for hydroxylation is 1. The van der Waals surface area contributed by atoms with E-state index in [2.05, 4.69) is 16.4 Å². The number of amides is 4. The lowest BCUT2D eigenvalue weighted by Gasteiger charge is -2.37. The molecule has 1 aromatic carbocycles. The Hall–Kier alpha value is -3.55. The summed E-state index contributed by atoms with van der Waals surface area (Å²) >= 11 is 0. The van der Waals surface area contributed by atoms with Crippen molar-refractivity contribution in [3.05, 3.63) is 64.5 Å². The van der Waals surface area contributed by atoms with E-state index in [0.717, 1.165) is 36.8 Å². The van der Waals surface area contributed by atoms with Crippen molar-refractivity contribution in [3.8, 4) is 0 Å². The van der Waals surface area contributed by atoms with Crippen molar-refractivity contribution in [1.29, 1.82) is 0 Å². The fourth-order valence-corrected chi connectivity index (χ4v) is 5.44. The molecule has 3 aliphatic rings. The molecule has 2 fully saturated rings. The lowest BCUT2D eigenvalue weighted by Crippen LogP contribution is -2.52. The van der Waals surface area contributed by atoms with Crippen LogP contribution in [0.15, 0.2) is 36.5 Å². The number of pyridine rings is 1. The highest BCUT2D eigenvalue weighted by molar-refractivity contribution is 6.05. The molecule has 0 bridgehead atoms. The minimum absolute atomic E-state index is 0.132. The summed E-state index contributed by atoms with van der Waals surface area (Å²) in [6.45, 7) is 0.412. The van der Waals surface area contributed by atoms with Gasteiger partial charge in [0.05, 0.1) is 0 Å². The van der Waals surface area contributed by atoms with Crippen molar-refractivity contribution in [2.24, 2.45) is 11.7 Å². The first-order chi connectivity index (χ1) is 15.9. The molecule has 1 atom stereocenters. The third-order valence-electron chi connectivity index (χ3n) is 7.24. The van der Waals surface area contributed by atoms with Crippen LogP contribution in [0.5, 0.6) is 0 Å². The van der Waals surface area contributed by atoms with Gasteiger partial charge in [-0.1, -0.05) is 18.2 Å². The molecule has 0 radical (unpaired) electrons. The molecule has 3 heterocycles. The van der Waals surface area contributed by atoms with Crippen molar-refractivity contribution in [1.82, 2.24) is 15.2 Å². The first-order valence-electron chi connectivity index (χ1n) is 11.4. The molecule has 33 heavy (non-hydrogen) atoms. The molecule has 1 saturated heterocycles. The standard InChI is InChI=1S/C25H26N4O4/c26-23(31)22-15(3-2-10-27-22)7-6-14-11-16(12-14)17-4-1-5-18-19(17)13-29(25(18)33)20-8-9-21(30)28-24(20)32/h1-5,10,14,16,20H,6-9,11-13H2,(H2,26,31)(H,28,30,32)/t14?,16?,20-/m0/s1. The molecule has 2 aromatic rings. The zero-order valence-corrected chi connectivity index (χ0v) is 18.3. The van der Waals surface area contributed by atoms with E-state index >= 15 is 0 Å². The number of nitrogens with zero attached hydrogens (tertiary/aromatic N) is 2. The Morgan fingerprint density at radius 2 is 1.97 bits per heavy atom. The summed E-state index contributed by atoms with van der Waals surface area (Å²) in [4.78, 5) is 54.1. The van der Waals surface area contributed by atoms with Crippen LogP contribution in [-0.2, 0) is 22.6 Å². The van der Waals surface area contributed by atoms with E-state index in [9.17, 15) is 19.2 Å². The quantitative estimate of drug-likeness (QED) is 0.658. The van der Waals surface area contributed by atoms with Gasteiger partial charge in [-0.3, -0.25) is 29.5 Å². The average Bonchev–Trinajstić information content (AvgIpc) is 3.10. The highest BCUT2D eigenvalue weighted by atomic mass is 16.2. The number of hydrogen-bond acceptors (Lipinski definition) is 5. The third kappa shape index (κ3) is 3.90. The van der Waals surface area contributed by atoms with Gasteiger partial charge in [-0.2, -0.15) is 0 Å². The normalized spacial score (nSPS) is 24.3. The summed E-state index contributed by atoms with van der Waals surface area (Å²) < 4.78 is 0. The van der Waals surface area contributed by atoms with E-state index in [1.54, 1.807) is 11.1 Å². The Morgan fingerprint density at radius 3 is 2.73 bits per heavy atom. The van der Waals surface area contributed by atoms with Gasteiger partial charge in [-0.15, -0.1) is 0 Å². The van der Waals surface area contributed by atoms with Crippen LogP contribution in [0.1, 0.15) is 75.6 Å². The number of primary amides is 1. The van der Waals surface area contributed by atoms with E-state index in [4.69, 9.17) is 5.73 Å². The number of piperidine rings is 1. The number of benzene rings is 1. The average molecular weight is 447 g/mol. The number of nitrogens with two attached hydrogens (primary N) is 1. The topological polar surface area (TPSA) is 122 Å². The van der Waals surface area contributed by atoms with Gasteiger partial charge in [0.15, 0.2) is 0 Å². The number of fused-ring (bicyclic) bond motifs is 1. The number of carbonyl (C=O) groups excluding carboxylic acids is 4. The van der Waals surface area contributed by atoms with Gasteiger partial charge in [-0.05, 0) is 72.8 Å². The molecule has 1 aliphatic carbocycles. The van der Waals surface area contributed by atoms with E-state index in [0.29, 0.717) is 36.1 Å². The molecule has 0 unspecified atom stereocenters. The first kappa shape index (κ1) is 21.3. The van der Waals surface area contributed by atoms with Gasteiger partial charge in [0.1, 0.15) is 11.7 Å². The van der Waals surface area contributed by atoms with E-state index < -0.39 is 11.9 Å². The van der Waals surface area contributed by atoms with Crippen LogP contribution < -0.4 is 11.1 Å². The van der Waals surface area contributed by atoms with Crippen LogP contribution in [0.2, 0.25) is 0 Å². The number of aromatic nitrogens is 1. The molecule has 170 valence electrons. The molecular formula is C25H26N4O4. The highest BCUT2D eigenvalue weighted by Gasteiger charge is 2.41. The summed E-state index contributed by atoms with van der Waals surface area (Å²) in [5.41, 5.74) is 9.54. The Bertz CT molecular complexity index is 1150. The third-order valence-corrected chi connectivity index (χ3v) is 7.24. The molecule has 4 amide bonds. The zero-order chi connectivity index (χ0) is 23.1. The van der Waals surface area contributed by atoms with Gasteiger partial charge in [-0.25, -0.2) is 0 Å². The Labute approximate surface area is 191 Å². The van der Waals surface area contributed by atoms with Crippen LogP contribution in [0, 0.1) is 5.92 Å². The summed E-state index contributed by atoms with van der Waals surface area (Å²) in [7, 11) is 0. The number of imide groups is 1. The predicted octanol–water partition coefficient (Wildman–Crippen LogP) is 2.07. The lowest BCUT2D eigenvalue weighted by atomic mass is 9.68. The van der Waals surface area contributed by atoms with Crippen molar-refractivity contribution in [3.63, 3.8) is 0 Å². The van der Waals surface area contributed by atoms with Crippen LogP contribution in [0.4, 0.5) is 0 Å². The Morgan fingerprint density at radius 1 is 1.15 bits per heavy atom. The molecule has 3 N–H and O–H groups in total. The molecule has 8 nitrogen and oxygen atoms in total. The largest absolute Gasteiger partial charge is 0.364 e. The monoisotopic (exact) mass is 446 g/mol. The van der Waals surface area contributed by atoms with Crippen LogP contribution >= 0.6 is 0 Å².